The lowest BCUT2D eigenvalue weighted by molar-refractivity contribution is -0.141. The van der Waals surface area contributed by atoms with Gasteiger partial charge in [-0.05, 0) is 12.0 Å². The fourth-order valence-electron chi connectivity index (χ4n) is 2.05. The molecule has 2 atom stereocenters. The molecule has 1 aromatic rings. The summed E-state index contributed by atoms with van der Waals surface area (Å²) in [5.74, 6) is -2.20. The molecule has 0 aliphatic carbocycles. The summed E-state index contributed by atoms with van der Waals surface area (Å²) in [5, 5.41) is 14.1. The highest BCUT2D eigenvalue weighted by atomic mass is 16.4. The number of hydrogen-bond donors (Lipinski definition) is 3. The van der Waals surface area contributed by atoms with Crippen LogP contribution in [0.25, 0.3) is 0 Å². The van der Waals surface area contributed by atoms with E-state index in [2.05, 4.69) is 10.6 Å². The highest BCUT2D eigenvalue weighted by molar-refractivity contribution is 5.88. The van der Waals surface area contributed by atoms with E-state index in [0.717, 1.165) is 12.0 Å². The van der Waals surface area contributed by atoms with E-state index in [0.29, 0.717) is 6.42 Å². The molecule has 0 fully saturated rings. The summed E-state index contributed by atoms with van der Waals surface area (Å²) in [6.45, 7) is 3.48. The third-order valence-corrected chi connectivity index (χ3v) is 3.44. The summed E-state index contributed by atoms with van der Waals surface area (Å²) in [7, 11) is 0. The second kappa shape index (κ2) is 9.61. The first-order chi connectivity index (χ1) is 10.9. The Morgan fingerprint density at radius 3 is 2.39 bits per heavy atom. The highest BCUT2D eigenvalue weighted by Gasteiger charge is 2.21. The van der Waals surface area contributed by atoms with Crippen LogP contribution < -0.4 is 10.6 Å². The SMILES string of the molecule is CCCC(NC(=O)Cc1ccccc1)C(=O)NCC(C)C(=O)O. The number of carbonyl (C=O) groups excluding carboxylic acids is 2. The first-order valence-electron chi connectivity index (χ1n) is 7.77. The molecule has 2 amide bonds. The molecule has 0 heterocycles. The zero-order valence-corrected chi connectivity index (χ0v) is 13.5. The van der Waals surface area contributed by atoms with Gasteiger partial charge in [-0.1, -0.05) is 50.6 Å². The fourth-order valence-corrected chi connectivity index (χ4v) is 2.05. The number of nitrogens with one attached hydrogen (secondary N) is 2. The number of aliphatic carboxylic acids is 1. The van der Waals surface area contributed by atoms with Gasteiger partial charge < -0.3 is 15.7 Å². The van der Waals surface area contributed by atoms with Crippen molar-refractivity contribution in [2.75, 3.05) is 6.54 Å². The molecule has 2 unspecified atom stereocenters. The van der Waals surface area contributed by atoms with E-state index in [4.69, 9.17) is 5.11 Å². The predicted octanol–water partition coefficient (Wildman–Crippen LogP) is 1.35. The first kappa shape index (κ1) is 18.7. The zero-order chi connectivity index (χ0) is 17.2. The predicted molar refractivity (Wildman–Crippen MR) is 86.8 cm³/mol. The van der Waals surface area contributed by atoms with Crippen LogP contribution >= 0.6 is 0 Å². The topological polar surface area (TPSA) is 95.5 Å². The zero-order valence-electron chi connectivity index (χ0n) is 13.5. The Hall–Kier alpha value is -2.37. The molecule has 0 aliphatic heterocycles. The van der Waals surface area contributed by atoms with Gasteiger partial charge in [0.15, 0.2) is 0 Å². The van der Waals surface area contributed by atoms with E-state index >= 15 is 0 Å². The maximum Gasteiger partial charge on any atom is 0.308 e. The van der Waals surface area contributed by atoms with E-state index in [9.17, 15) is 14.4 Å². The number of benzene rings is 1. The summed E-state index contributed by atoms with van der Waals surface area (Å²) in [5.41, 5.74) is 0.875. The molecular weight excluding hydrogens is 296 g/mol. The van der Waals surface area contributed by atoms with Crippen molar-refractivity contribution in [3.8, 4) is 0 Å². The Morgan fingerprint density at radius 1 is 1.17 bits per heavy atom. The van der Waals surface area contributed by atoms with Crippen LogP contribution in [0.5, 0.6) is 0 Å². The molecule has 0 spiro atoms. The van der Waals surface area contributed by atoms with Crippen LogP contribution in [0.2, 0.25) is 0 Å². The summed E-state index contributed by atoms with van der Waals surface area (Å²) in [6, 6.07) is 8.64. The van der Waals surface area contributed by atoms with Gasteiger partial charge in [-0.15, -0.1) is 0 Å². The van der Waals surface area contributed by atoms with Crippen molar-refractivity contribution in [2.24, 2.45) is 5.92 Å². The van der Waals surface area contributed by atoms with Crippen molar-refractivity contribution in [1.82, 2.24) is 10.6 Å². The van der Waals surface area contributed by atoms with E-state index in [1.807, 2.05) is 37.3 Å². The maximum atomic E-state index is 12.1. The number of amides is 2. The average molecular weight is 320 g/mol. The van der Waals surface area contributed by atoms with Crippen molar-refractivity contribution in [2.45, 2.75) is 39.2 Å². The van der Waals surface area contributed by atoms with Crippen molar-refractivity contribution >= 4 is 17.8 Å². The van der Waals surface area contributed by atoms with Crippen LogP contribution in [0.4, 0.5) is 0 Å². The second-order valence-corrected chi connectivity index (χ2v) is 5.56. The van der Waals surface area contributed by atoms with E-state index < -0.39 is 17.9 Å². The second-order valence-electron chi connectivity index (χ2n) is 5.56. The molecule has 6 nitrogen and oxygen atoms in total. The normalized spacial score (nSPS) is 13.0. The molecule has 0 bridgehead atoms. The molecule has 126 valence electrons. The Labute approximate surface area is 136 Å². The van der Waals surface area contributed by atoms with Gasteiger partial charge in [-0.2, -0.15) is 0 Å². The smallest absolute Gasteiger partial charge is 0.308 e. The fraction of sp³-hybridized carbons (Fsp3) is 0.471. The van der Waals surface area contributed by atoms with Crippen molar-refractivity contribution in [3.05, 3.63) is 35.9 Å². The van der Waals surface area contributed by atoms with Gasteiger partial charge in [-0.25, -0.2) is 0 Å². The molecule has 0 aromatic heterocycles. The maximum absolute atomic E-state index is 12.1. The molecule has 1 rings (SSSR count). The Kier molecular flexibility index (Phi) is 7.80. The summed E-state index contributed by atoms with van der Waals surface area (Å²) < 4.78 is 0. The molecular formula is C17H24N2O4. The minimum atomic E-state index is -0.967. The van der Waals surface area contributed by atoms with Gasteiger partial charge in [0.2, 0.25) is 11.8 Å². The van der Waals surface area contributed by atoms with Gasteiger partial charge in [0, 0.05) is 6.54 Å². The van der Waals surface area contributed by atoms with E-state index in [-0.39, 0.29) is 24.8 Å². The highest BCUT2D eigenvalue weighted by Crippen LogP contribution is 2.02. The van der Waals surface area contributed by atoms with E-state index in [1.54, 1.807) is 0 Å². The monoisotopic (exact) mass is 320 g/mol. The molecule has 23 heavy (non-hydrogen) atoms. The molecule has 6 heteroatoms. The lowest BCUT2D eigenvalue weighted by atomic mass is 10.1. The summed E-state index contributed by atoms with van der Waals surface area (Å²) in [4.78, 5) is 35.0. The minimum absolute atomic E-state index is 0.0446. The van der Waals surface area contributed by atoms with Crippen LogP contribution in [0.3, 0.4) is 0 Å². The Morgan fingerprint density at radius 2 is 1.83 bits per heavy atom. The first-order valence-corrected chi connectivity index (χ1v) is 7.77. The number of rotatable bonds is 9. The van der Waals surface area contributed by atoms with Crippen LogP contribution in [0.15, 0.2) is 30.3 Å². The van der Waals surface area contributed by atoms with Crippen LogP contribution in [0.1, 0.15) is 32.3 Å². The standard InChI is InChI=1S/C17H24N2O4/c1-3-7-14(16(21)18-11-12(2)17(22)23)19-15(20)10-13-8-5-4-6-9-13/h4-6,8-9,12,14H,3,7,10-11H2,1-2H3,(H,18,21)(H,19,20)(H,22,23). The number of carboxylic acid groups (broad SMARTS) is 1. The van der Waals surface area contributed by atoms with Gasteiger partial charge in [0.1, 0.15) is 6.04 Å². The molecule has 1 aromatic carbocycles. The minimum Gasteiger partial charge on any atom is -0.481 e. The van der Waals surface area contributed by atoms with Crippen molar-refractivity contribution < 1.29 is 19.5 Å². The van der Waals surface area contributed by atoms with Gasteiger partial charge in [-0.3, -0.25) is 14.4 Å². The molecule has 3 N–H and O–H groups in total. The molecule has 0 aliphatic rings. The number of carboxylic acids is 1. The third kappa shape index (κ3) is 6.95. The van der Waals surface area contributed by atoms with Gasteiger partial charge >= 0.3 is 5.97 Å². The molecule has 0 radical (unpaired) electrons. The van der Waals surface area contributed by atoms with Gasteiger partial charge in [0.25, 0.3) is 0 Å². The number of carbonyl (C=O) groups is 3. The lowest BCUT2D eigenvalue weighted by Crippen LogP contribution is -2.48. The largest absolute Gasteiger partial charge is 0.481 e. The van der Waals surface area contributed by atoms with Crippen LogP contribution in [0, 0.1) is 5.92 Å². The number of hydrogen-bond acceptors (Lipinski definition) is 3. The average Bonchev–Trinajstić information content (AvgIpc) is 2.52. The quantitative estimate of drug-likeness (QED) is 0.640. The van der Waals surface area contributed by atoms with E-state index in [1.165, 1.54) is 6.92 Å². The molecule has 0 saturated heterocycles. The Balaban J connectivity index is 2.54. The van der Waals surface area contributed by atoms with Crippen molar-refractivity contribution in [3.63, 3.8) is 0 Å². The molecule has 0 saturated carbocycles. The van der Waals surface area contributed by atoms with Crippen LogP contribution in [-0.4, -0.2) is 35.5 Å². The Bertz CT molecular complexity index is 531. The summed E-state index contributed by atoms with van der Waals surface area (Å²) in [6.07, 6.45) is 1.45. The summed E-state index contributed by atoms with van der Waals surface area (Å²) >= 11 is 0. The lowest BCUT2D eigenvalue weighted by Gasteiger charge is -2.18. The van der Waals surface area contributed by atoms with Gasteiger partial charge in [0.05, 0.1) is 12.3 Å². The van der Waals surface area contributed by atoms with Crippen LogP contribution in [-0.2, 0) is 20.8 Å². The van der Waals surface area contributed by atoms with Crippen molar-refractivity contribution in [1.29, 1.82) is 0 Å². The third-order valence-electron chi connectivity index (χ3n) is 3.44.